The third kappa shape index (κ3) is 5.16. The molecule has 112 valence electrons. The topological polar surface area (TPSA) is 32.3 Å². The molecule has 0 bridgehead atoms. The van der Waals surface area contributed by atoms with Gasteiger partial charge in [0.2, 0.25) is 5.91 Å². The maximum atomic E-state index is 12.1. The van der Waals surface area contributed by atoms with Gasteiger partial charge in [0.25, 0.3) is 0 Å². The summed E-state index contributed by atoms with van der Waals surface area (Å²) in [6, 6.07) is 13.8. The second kappa shape index (κ2) is 7.59. The van der Waals surface area contributed by atoms with Crippen LogP contribution < -0.4 is 5.32 Å². The minimum absolute atomic E-state index is 0.0169. The van der Waals surface area contributed by atoms with E-state index in [1.165, 1.54) is 0 Å². The molecular formula is C16H19ClN2OS. The molecule has 0 saturated carbocycles. The second-order valence-electron chi connectivity index (χ2n) is 5.08. The number of hydrogen-bond donors (Lipinski definition) is 1. The first-order valence-corrected chi connectivity index (χ1v) is 8.01. The third-order valence-electron chi connectivity index (χ3n) is 3.15. The molecule has 1 N–H and O–H groups in total. The third-order valence-corrected chi connectivity index (χ3v) is 4.36. The van der Waals surface area contributed by atoms with E-state index >= 15 is 0 Å². The summed E-state index contributed by atoms with van der Waals surface area (Å²) in [6.45, 7) is 3.09. The van der Waals surface area contributed by atoms with Gasteiger partial charge in [-0.1, -0.05) is 41.9 Å². The van der Waals surface area contributed by atoms with Gasteiger partial charge >= 0.3 is 0 Å². The number of carbonyl (C=O) groups is 1. The van der Waals surface area contributed by atoms with Gasteiger partial charge in [-0.2, -0.15) is 0 Å². The average Bonchev–Trinajstić information content (AvgIpc) is 2.84. The molecular weight excluding hydrogens is 304 g/mol. The Morgan fingerprint density at radius 2 is 2.00 bits per heavy atom. The first-order chi connectivity index (χ1) is 10.0. The van der Waals surface area contributed by atoms with Crippen LogP contribution in [0.25, 0.3) is 0 Å². The molecule has 0 spiro atoms. The number of benzene rings is 1. The van der Waals surface area contributed by atoms with Crippen LogP contribution in [0, 0.1) is 0 Å². The quantitative estimate of drug-likeness (QED) is 0.879. The van der Waals surface area contributed by atoms with E-state index in [4.69, 9.17) is 11.6 Å². The second-order valence-corrected chi connectivity index (χ2v) is 6.88. The molecule has 0 aliphatic carbocycles. The lowest BCUT2D eigenvalue weighted by Crippen LogP contribution is -2.36. The summed E-state index contributed by atoms with van der Waals surface area (Å²) in [6.07, 6.45) is 0. The Hall–Kier alpha value is -1.36. The molecule has 1 heterocycles. The van der Waals surface area contributed by atoms with Gasteiger partial charge in [0.05, 0.1) is 16.9 Å². The predicted molar refractivity (Wildman–Crippen MR) is 88.7 cm³/mol. The molecule has 21 heavy (non-hydrogen) atoms. The number of nitrogens with zero attached hydrogens (tertiary/aromatic N) is 1. The SMILES string of the molecule is C[C@@H](NC(=O)CN(C)Cc1ccc(Cl)s1)c1ccccc1. The van der Waals surface area contributed by atoms with E-state index in [9.17, 15) is 4.79 Å². The molecule has 0 aliphatic rings. The molecule has 0 unspecified atom stereocenters. The van der Waals surface area contributed by atoms with E-state index in [1.807, 2.05) is 61.3 Å². The van der Waals surface area contributed by atoms with Gasteiger partial charge in [-0.25, -0.2) is 0 Å². The zero-order valence-corrected chi connectivity index (χ0v) is 13.7. The molecule has 3 nitrogen and oxygen atoms in total. The number of hydrogen-bond acceptors (Lipinski definition) is 3. The number of carbonyl (C=O) groups excluding carboxylic acids is 1. The Kier molecular flexibility index (Phi) is 5.79. The van der Waals surface area contributed by atoms with Crippen molar-refractivity contribution in [1.82, 2.24) is 10.2 Å². The van der Waals surface area contributed by atoms with E-state index in [1.54, 1.807) is 11.3 Å². The van der Waals surface area contributed by atoms with Crippen molar-refractivity contribution >= 4 is 28.8 Å². The fraction of sp³-hybridized carbons (Fsp3) is 0.312. The van der Waals surface area contributed by atoms with Crippen molar-refractivity contribution in [3.05, 3.63) is 57.2 Å². The lowest BCUT2D eigenvalue weighted by Gasteiger charge is -2.18. The molecule has 0 saturated heterocycles. The van der Waals surface area contributed by atoms with Crippen LogP contribution in [0.4, 0.5) is 0 Å². The van der Waals surface area contributed by atoms with Crippen LogP contribution in [0.15, 0.2) is 42.5 Å². The van der Waals surface area contributed by atoms with Crippen molar-refractivity contribution in [2.45, 2.75) is 19.5 Å². The van der Waals surface area contributed by atoms with Crippen molar-refractivity contribution in [1.29, 1.82) is 0 Å². The highest BCUT2D eigenvalue weighted by molar-refractivity contribution is 7.16. The Bertz CT molecular complexity index is 585. The van der Waals surface area contributed by atoms with E-state index < -0.39 is 0 Å². The monoisotopic (exact) mass is 322 g/mol. The van der Waals surface area contributed by atoms with Gasteiger partial charge < -0.3 is 5.32 Å². The normalized spacial score (nSPS) is 12.4. The molecule has 1 aromatic heterocycles. The van der Waals surface area contributed by atoms with Crippen LogP contribution in [0.3, 0.4) is 0 Å². The van der Waals surface area contributed by atoms with E-state index in [0.29, 0.717) is 6.54 Å². The number of amides is 1. The zero-order valence-electron chi connectivity index (χ0n) is 12.2. The molecule has 1 atom stereocenters. The van der Waals surface area contributed by atoms with E-state index in [2.05, 4.69) is 5.32 Å². The fourth-order valence-corrected chi connectivity index (χ4v) is 3.28. The molecule has 5 heteroatoms. The van der Waals surface area contributed by atoms with Crippen molar-refractivity contribution < 1.29 is 4.79 Å². The number of likely N-dealkylation sites (N-methyl/N-ethyl adjacent to an activating group) is 1. The largest absolute Gasteiger partial charge is 0.348 e. The van der Waals surface area contributed by atoms with Gasteiger partial charge in [0, 0.05) is 11.4 Å². The summed E-state index contributed by atoms with van der Waals surface area (Å²) in [5.74, 6) is 0.0245. The van der Waals surface area contributed by atoms with Crippen molar-refractivity contribution in [3.63, 3.8) is 0 Å². The minimum atomic E-state index is 0.0169. The smallest absolute Gasteiger partial charge is 0.234 e. The Morgan fingerprint density at radius 3 is 2.62 bits per heavy atom. The van der Waals surface area contributed by atoms with Crippen molar-refractivity contribution in [3.8, 4) is 0 Å². The van der Waals surface area contributed by atoms with Crippen LogP contribution in [-0.4, -0.2) is 24.4 Å². The van der Waals surface area contributed by atoms with Crippen molar-refractivity contribution in [2.24, 2.45) is 0 Å². The van der Waals surface area contributed by atoms with Crippen LogP contribution in [0.2, 0.25) is 4.34 Å². The van der Waals surface area contributed by atoms with Crippen LogP contribution in [0.1, 0.15) is 23.4 Å². The highest BCUT2D eigenvalue weighted by Crippen LogP contribution is 2.22. The number of rotatable bonds is 6. The molecule has 1 aromatic carbocycles. The summed E-state index contributed by atoms with van der Waals surface area (Å²) in [4.78, 5) is 15.2. The average molecular weight is 323 g/mol. The lowest BCUT2D eigenvalue weighted by atomic mass is 10.1. The highest BCUT2D eigenvalue weighted by atomic mass is 35.5. The van der Waals surface area contributed by atoms with E-state index in [0.717, 1.165) is 21.3 Å². The van der Waals surface area contributed by atoms with Gasteiger partial charge in [0.1, 0.15) is 0 Å². The number of thiophene rings is 1. The maximum absolute atomic E-state index is 12.1. The first-order valence-electron chi connectivity index (χ1n) is 6.81. The number of nitrogens with one attached hydrogen (secondary N) is 1. The first kappa shape index (κ1) is 16.0. The molecule has 2 aromatic rings. The zero-order chi connectivity index (χ0) is 15.2. The summed E-state index contributed by atoms with van der Waals surface area (Å²) >= 11 is 7.45. The Labute approximate surface area is 134 Å². The summed E-state index contributed by atoms with van der Waals surface area (Å²) in [5.41, 5.74) is 1.11. The molecule has 0 radical (unpaired) electrons. The van der Waals surface area contributed by atoms with Gasteiger partial charge in [-0.3, -0.25) is 9.69 Å². The minimum Gasteiger partial charge on any atom is -0.348 e. The Morgan fingerprint density at radius 1 is 1.29 bits per heavy atom. The summed E-state index contributed by atoms with van der Waals surface area (Å²) in [5, 5.41) is 3.01. The van der Waals surface area contributed by atoms with Crippen LogP contribution in [0.5, 0.6) is 0 Å². The predicted octanol–water partition coefficient (Wildman–Crippen LogP) is 3.71. The highest BCUT2D eigenvalue weighted by Gasteiger charge is 2.12. The van der Waals surface area contributed by atoms with Gasteiger partial charge in [0.15, 0.2) is 0 Å². The fourth-order valence-electron chi connectivity index (χ4n) is 2.12. The van der Waals surface area contributed by atoms with Gasteiger partial charge in [-0.05, 0) is 31.7 Å². The molecule has 0 fully saturated rings. The number of halogens is 1. The molecule has 2 rings (SSSR count). The summed E-state index contributed by atoms with van der Waals surface area (Å²) in [7, 11) is 1.93. The molecule has 0 aliphatic heterocycles. The molecule has 1 amide bonds. The standard InChI is InChI=1S/C16H19ClN2OS/c1-12(13-6-4-3-5-7-13)18-16(20)11-19(2)10-14-8-9-15(17)21-14/h3-9,12H,10-11H2,1-2H3,(H,18,20)/t12-/m1/s1. The van der Waals surface area contributed by atoms with Crippen LogP contribution >= 0.6 is 22.9 Å². The van der Waals surface area contributed by atoms with E-state index in [-0.39, 0.29) is 11.9 Å². The Balaban J connectivity index is 1.81. The van der Waals surface area contributed by atoms with Crippen molar-refractivity contribution in [2.75, 3.05) is 13.6 Å². The lowest BCUT2D eigenvalue weighted by molar-refractivity contribution is -0.122. The van der Waals surface area contributed by atoms with Gasteiger partial charge in [-0.15, -0.1) is 11.3 Å². The maximum Gasteiger partial charge on any atom is 0.234 e. The summed E-state index contributed by atoms with van der Waals surface area (Å²) < 4.78 is 0.778. The van der Waals surface area contributed by atoms with Crippen LogP contribution in [-0.2, 0) is 11.3 Å².